The Morgan fingerprint density at radius 1 is 1.08 bits per heavy atom. The molecule has 0 aliphatic carbocycles. The van der Waals surface area contributed by atoms with Gasteiger partial charge in [0.05, 0.1) is 28.0 Å². The molecule has 200 valence electrons. The maximum absolute atomic E-state index is 13.0. The number of nitrogens with one attached hydrogen (secondary N) is 1. The van der Waals surface area contributed by atoms with Gasteiger partial charge in [-0.3, -0.25) is 24.4 Å². The van der Waals surface area contributed by atoms with E-state index in [0.717, 1.165) is 4.68 Å². The van der Waals surface area contributed by atoms with Crippen LogP contribution in [0.1, 0.15) is 31.3 Å². The van der Waals surface area contributed by atoms with Crippen molar-refractivity contribution in [2.75, 3.05) is 38.1 Å². The van der Waals surface area contributed by atoms with E-state index >= 15 is 0 Å². The Kier molecular flexibility index (Phi) is 8.04. The molecular weight excluding hydrogens is 494 g/mol. The number of aromatic nitrogens is 4. The number of amides is 3. The number of hydrogen-bond donors (Lipinski definition) is 1. The van der Waals surface area contributed by atoms with Crippen molar-refractivity contribution in [2.24, 2.45) is 0 Å². The summed E-state index contributed by atoms with van der Waals surface area (Å²) in [6.07, 6.45) is 1.06. The molecule has 0 saturated carbocycles. The summed E-state index contributed by atoms with van der Waals surface area (Å²) in [5, 5.41) is 32.7. The Bertz CT molecular complexity index is 1230. The maximum Gasteiger partial charge on any atom is 0.468 e. The van der Waals surface area contributed by atoms with Crippen LogP contribution in [0.2, 0.25) is 0 Å². The number of carbonyl (C=O) groups excluding carboxylic acids is 3. The number of carbonyl (C=O) groups is 3. The third kappa shape index (κ3) is 5.81. The summed E-state index contributed by atoms with van der Waals surface area (Å²) < 4.78 is 7.27. The zero-order chi connectivity index (χ0) is 27.4. The number of rotatable bonds is 8. The van der Waals surface area contributed by atoms with E-state index in [1.54, 1.807) is 25.7 Å². The number of hydrogen-bond acceptors (Lipinski definition) is 10. The first-order valence-electron chi connectivity index (χ1n) is 11.4. The van der Waals surface area contributed by atoms with Crippen molar-refractivity contribution in [3.8, 4) is 0 Å². The number of piperazine rings is 1. The van der Waals surface area contributed by atoms with E-state index in [0.29, 0.717) is 37.6 Å². The SMILES string of the molecule is CCOC(=O)N1CCN(C(=O)C(C)n2cc(NC(=O)Cn3nc([N+](=O)[O-])c([N+](=O)[O-])c3C)c(C)n2)CC1. The number of aryl methyl sites for hydroxylation is 1. The van der Waals surface area contributed by atoms with Crippen molar-refractivity contribution < 1.29 is 29.0 Å². The van der Waals surface area contributed by atoms with Crippen LogP contribution in [0.25, 0.3) is 0 Å². The average molecular weight is 521 g/mol. The molecule has 2 aromatic rings. The van der Waals surface area contributed by atoms with Crippen molar-refractivity contribution >= 4 is 35.1 Å². The van der Waals surface area contributed by atoms with E-state index in [4.69, 9.17) is 4.74 Å². The third-order valence-corrected chi connectivity index (χ3v) is 5.87. The second-order valence-electron chi connectivity index (χ2n) is 8.27. The highest BCUT2D eigenvalue weighted by molar-refractivity contribution is 5.91. The molecule has 3 heterocycles. The third-order valence-electron chi connectivity index (χ3n) is 5.87. The monoisotopic (exact) mass is 521 g/mol. The van der Waals surface area contributed by atoms with Gasteiger partial charge in [0.25, 0.3) is 0 Å². The minimum Gasteiger partial charge on any atom is -0.450 e. The first-order chi connectivity index (χ1) is 17.4. The molecule has 0 bridgehead atoms. The Balaban J connectivity index is 1.65. The summed E-state index contributed by atoms with van der Waals surface area (Å²) in [5.41, 5.74) is -0.210. The lowest BCUT2D eigenvalue weighted by atomic mass is 10.2. The molecule has 1 aliphatic rings. The Labute approximate surface area is 210 Å². The summed E-state index contributed by atoms with van der Waals surface area (Å²) in [4.78, 5) is 60.9. The van der Waals surface area contributed by atoms with E-state index in [-0.39, 0.29) is 18.2 Å². The molecule has 37 heavy (non-hydrogen) atoms. The number of nitrogens with zero attached hydrogens (tertiary/aromatic N) is 8. The van der Waals surface area contributed by atoms with Crippen LogP contribution >= 0.6 is 0 Å². The van der Waals surface area contributed by atoms with Gasteiger partial charge in [-0.1, -0.05) is 0 Å². The lowest BCUT2D eigenvalue weighted by Crippen LogP contribution is -2.52. The van der Waals surface area contributed by atoms with Crippen LogP contribution < -0.4 is 5.32 Å². The summed E-state index contributed by atoms with van der Waals surface area (Å²) in [5.74, 6) is -1.81. The van der Waals surface area contributed by atoms with Crippen LogP contribution in [-0.2, 0) is 20.9 Å². The average Bonchev–Trinajstić information content (AvgIpc) is 3.37. The fraction of sp³-hybridized carbons (Fsp3) is 0.550. The minimum atomic E-state index is -0.983. The van der Waals surface area contributed by atoms with Gasteiger partial charge < -0.3 is 30.0 Å². The molecule has 1 N–H and O–H groups in total. The minimum absolute atomic E-state index is 0.137. The van der Waals surface area contributed by atoms with Crippen molar-refractivity contribution in [3.05, 3.63) is 37.8 Å². The fourth-order valence-corrected chi connectivity index (χ4v) is 3.84. The molecule has 3 amide bonds. The molecule has 3 rings (SSSR count). The van der Waals surface area contributed by atoms with Gasteiger partial charge in [0.2, 0.25) is 11.8 Å². The quantitative estimate of drug-likeness (QED) is 0.386. The van der Waals surface area contributed by atoms with E-state index in [9.17, 15) is 34.6 Å². The molecule has 17 heteroatoms. The topological polar surface area (TPSA) is 201 Å². The molecule has 0 aromatic carbocycles. The molecule has 0 radical (unpaired) electrons. The van der Waals surface area contributed by atoms with Crippen LogP contribution in [-0.4, -0.2) is 89.9 Å². The largest absolute Gasteiger partial charge is 0.468 e. The van der Waals surface area contributed by atoms with E-state index in [1.165, 1.54) is 22.7 Å². The van der Waals surface area contributed by atoms with Crippen molar-refractivity contribution in [2.45, 2.75) is 40.3 Å². The maximum atomic E-state index is 13.0. The van der Waals surface area contributed by atoms with Gasteiger partial charge in [0.15, 0.2) is 0 Å². The van der Waals surface area contributed by atoms with Crippen LogP contribution in [0.4, 0.5) is 22.0 Å². The first kappa shape index (κ1) is 27.0. The van der Waals surface area contributed by atoms with Gasteiger partial charge in [-0.2, -0.15) is 9.78 Å². The van der Waals surface area contributed by atoms with Crippen molar-refractivity contribution in [3.63, 3.8) is 0 Å². The van der Waals surface area contributed by atoms with Crippen molar-refractivity contribution in [1.29, 1.82) is 0 Å². The van der Waals surface area contributed by atoms with Gasteiger partial charge in [-0.15, -0.1) is 0 Å². The number of anilines is 1. The molecule has 0 spiro atoms. The van der Waals surface area contributed by atoms with E-state index in [2.05, 4.69) is 15.5 Å². The molecule has 17 nitrogen and oxygen atoms in total. The fourth-order valence-electron chi connectivity index (χ4n) is 3.84. The Morgan fingerprint density at radius 3 is 2.24 bits per heavy atom. The molecule has 1 atom stereocenters. The van der Waals surface area contributed by atoms with Crippen LogP contribution in [0.3, 0.4) is 0 Å². The molecule has 1 aliphatic heterocycles. The van der Waals surface area contributed by atoms with E-state index in [1.807, 2.05) is 0 Å². The molecular formula is C20H27N9O8. The highest BCUT2D eigenvalue weighted by Gasteiger charge is 2.36. The smallest absolute Gasteiger partial charge is 0.450 e. The zero-order valence-corrected chi connectivity index (χ0v) is 20.7. The van der Waals surface area contributed by atoms with Gasteiger partial charge in [-0.05, 0) is 32.6 Å². The van der Waals surface area contributed by atoms with Gasteiger partial charge in [0.1, 0.15) is 18.3 Å². The number of nitro groups is 2. The summed E-state index contributed by atoms with van der Waals surface area (Å²) in [7, 11) is 0. The first-order valence-corrected chi connectivity index (χ1v) is 11.4. The van der Waals surface area contributed by atoms with Crippen LogP contribution in [0.15, 0.2) is 6.20 Å². The Hall–Kier alpha value is -4.57. The second-order valence-corrected chi connectivity index (χ2v) is 8.27. The summed E-state index contributed by atoms with van der Waals surface area (Å²) in [6, 6.07) is -0.697. The predicted molar refractivity (Wildman–Crippen MR) is 126 cm³/mol. The Morgan fingerprint density at radius 2 is 1.70 bits per heavy atom. The van der Waals surface area contributed by atoms with Gasteiger partial charge in [0, 0.05) is 32.4 Å². The normalized spacial score (nSPS) is 14.3. The highest BCUT2D eigenvalue weighted by atomic mass is 16.6. The lowest BCUT2D eigenvalue weighted by Gasteiger charge is -2.35. The van der Waals surface area contributed by atoms with Gasteiger partial charge in [-0.25, -0.2) is 4.79 Å². The summed E-state index contributed by atoms with van der Waals surface area (Å²) >= 11 is 0. The zero-order valence-electron chi connectivity index (χ0n) is 20.7. The highest BCUT2D eigenvalue weighted by Crippen LogP contribution is 2.29. The molecule has 2 aromatic heterocycles. The van der Waals surface area contributed by atoms with E-state index < -0.39 is 45.9 Å². The van der Waals surface area contributed by atoms with Crippen molar-refractivity contribution in [1.82, 2.24) is 29.4 Å². The molecule has 1 unspecified atom stereocenters. The number of ether oxygens (including phenoxy) is 1. The van der Waals surface area contributed by atoms with Crippen LogP contribution in [0, 0.1) is 34.1 Å². The lowest BCUT2D eigenvalue weighted by molar-refractivity contribution is -0.424. The molecule has 1 saturated heterocycles. The standard InChI is InChI=1S/C20H27N9O8/c1-5-37-20(32)25-8-6-24(7-9-25)19(31)14(4)26-10-15(12(2)22-26)21-16(30)11-27-13(3)17(28(33)34)18(23-27)29(35)36/h10,14H,5-9,11H2,1-4H3,(H,21,30). The molecule has 1 fully saturated rings. The second kappa shape index (κ2) is 11.0. The summed E-state index contributed by atoms with van der Waals surface area (Å²) in [6.45, 7) is 7.39. The van der Waals surface area contributed by atoms with Crippen LogP contribution in [0.5, 0.6) is 0 Å². The van der Waals surface area contributed by atoms with Gasteiger partial charge >= 0.3 is 17.6 Å². The predicted octanol–water partition coefficient (Wildman–Crippen LogP) is 1.01.